The minimum atomic E-state index is -0.357. The summed E-state index contributed by atoms with van der Waals surface area (Å²) in [5.74, 6) is 0.605. The molecule has 1 aliphatic rings. The molecule has 1 aromatic rings. The Morgan fingerprint density at radius 2 is 2.33 bits per heavy atom. The van der Waals surface area contributed by atoms with Gasteiger partial charge in [0.05, 0.1) is 17.7 Å². The second kappa shape index (κ2) is 6.39. The molecular weight excluding hydrogens is 268 g/mol. The second-order valence-corrected chi connectivity index (χ2v) is 6.04. The van der Waals surface area contributed by atoms with Crippen molar-refractivity contribution < 1.29 is 4.79 Å². The van der Waals surface area contributed by atoms with Crippen LogP contribution in [0.1, 0.15) is 38.2 Å². The minimum absolute atomic E-state index is 0.0420. The Bertz CT molecular complexity index is 569. The van der Waals surface area contributed by atoms with Gasteiger partial charge >= 0.3 is 0 Å². The van der Waals surface area contributed by atoms with Crippen LogP contribution in [0, 0.1) is 12.3 Å². The van der Waals surface area contributed by atoms with E-state index in [1.54, 1.807) is 6.92 Å². The fourth-order valence-electron chi connectivity index (χ4n) is 2.92. The van der Waals surface area contributed by atoms with Gasteiger partial charge in [0.25, 0.3) is 5.56 Å². The molecule has 0 radical (unpaired) electrons. The predicted octanol–water partition coefficient (Wildman–Crippen LogP) is 0.817. The Balaban J connectivity index is 1.99. The number of amides is 1. The van der Waals surface area contributed by atoms with Crippen molar-refractivity contribution in [3.63, 3.8) is 0 Å². The number of nitrogens with one attached hydrogen (secondary N) is 2. The molecule has 1 amide bonds. The van der Waals surface area contributed by atoms with Crippen LogP contribution in [0.15, 0.2) is 10.9 Å². The number of carbonyl (C=O) groups is 1. The summed E-state index contributed by atoms with van der Waals surface area (Å²) in [5.41, 5.74) is 0.0500. The monoisotopic (exact) mass is 292 g/mol. The summed E-state index contributed by atoms with van der Waals surface area (Å²) >= 11 is 0. The molecule has 6 heteroatoms. The third-order valence-electron chi connectivity index (χ3n) is 4.11. The Hall–Kier alpha value is -1.69. The largest absolute Gasteiger partial charge is 0.350 e. The van der Waals surface area contributed by atoms with Gasteiger partial charge in [-0.2, -0.15) is 0 Å². The van der Waals surface area contributed by atoms with Crippen LogP contribution in [0.25, 0.3) is 0 Å². The lowest BCUT2D eigenvalue weighted by atomic mass is 9.81. The third-order valence-corrected chi connectivity index (χ3v) is 4.11. The highest BCUT2D eigenvalue weighted by molar-refractivity contribution is 5.82. The smallest absolute Gasteiger partial charge is 0.251 e. The van der Waals surface area contributed by atoms with Gasteiger partial charge in [0, 0.05) is 12.6 Å². The lowest BCUT2D eigenvalue weighted by Crippen LogP contribution is -2.50. The van der Waals surface area contributed by atoms with Gasteiger partial charge < -0.3 is 15.2 Å². The van der Waals surface area contributed by atoms with Gasteiger partial charge in [-0.3, -0.25) is 9.59 Å². The third kappa shape index (κ3) is 3.91. The first-order valence-corrected chi connectivity index (χ1v) is 7.50. The molecule has 1 aliphatic heterocycles. The van der Waals surface area contributed by atoms with Crippen LogP contribution in [0.5, 0.6) is 0 Å². The molecule has 1 aromatic heterocycles. The van der Waals surface area contributed by atoms with Crippen molar-refractivity contribution in [2.45, 2.75) is 40.2 Å². The van der Waals surface area contributed by atoms with Gasteiger partial charge in [0.2, 0.25) is 5.91 Å². The van der Waals surface area contributed by atoms with Crippen molar-refractivity contribution in [1.29, 1.82) is 0 Å². The number of aromatic amines is 1. The summed E-state index contributed by atoms with van der Waals surface area (Å²) in [7, 11) is 0. The van der Waals surface area contributed by atoms with Crippen LogP contribution < -0.4 is 10.9 Å². The first kappa shape index (κ1) is 15.7. The van der Waals surface area contributed by atoms with Gasteiger partial charge in [-0.05, 0) is 39.8 Å². The minimum Gasteiger partial charge on any atom is -0.350 e. The lowest BCUT2D eigenvalue weighted by Gasteiger charge is -2.38. The van der Waals surface area contributed by atoms with Gasteiger partial charge in [0.1, 0.15) is 5.82 Å². The molecule has 2 rings (SSSR count). The van der Waals surface area contributed by atoms with E-state index in [-0.39, 0.29) is 16.9 Å². The molecule has 0 bridgehead atoms. The molecule has 0 spiro atoms. The number of hydrogen-bond acceptors (Lipinski definition) is 4. The average Bonchev–Trinajstić information content (AvgIpc) is 2.43. The summed E-state index contributed by atoms with van der Waals surface area (Å²) in [4.78, 5) is 33.0. The van der Waals surface area contributed by atoms with E-state index in [2.05, 4.69) is 27.1 Å². The summed E-state index contributed by atoms with van der Waals surface area (Å²) in [6, 6.07) is 1.43. The van der Waals surface area contributed by atoms with E-state index in [0.29, 0.717) is 18.1 Å². The van der Waals surface area contributed by atoms with Gasteiger partial charge in [-0.1, -0.05) is 6.92 Å². The number of rotatable bonds is 4. The zero-order valence-corrected chi connectivity index (χ0v) is 13.0. The Morgan fingerprint density at radius 3 is 3.00 bits per heavy atom. The van der Waals surface area contributed by atoms with Crippen molar-refractivity contribution in [2.24, 2.45) is 5.41 Å². The molecule has 0 aromatic carbocycles. The van der Waals surface area contributed by atoms with Crippen LogP contribution in [0.4, 0.5) is 0 Å². The first-order valence-electron chi connectivity index (χ1n) is 7.50. The number of nitrogens with zero attached hydrogens (tertiary/aromatic N) is 2. The SMILES string of the molecule is CCN1CCC[C@@](C)(C(=O)NCc2cc(=O)[nH]c(C)n2)C1. The van der Waals surface area contributed by atoms with E-state index >= 15 is 0 Å². The van der Waals surface area contributed by atoms with Gasteiger partial charge in [0.15, 0.2) is 0 Å². The van der Waals surface area contributed by atoms with Crippen LogP contribution in [-0.4, -0.2) is 40.4 Å². The molecule has 1 saturated heterocycles. The van der Waals surface area contributed by atoms with E-state index in [4.69, 9.17) is 0 Å². The second-order valence-electron chi connectivity index (χ2n) is 6.04. The van der Waals surface area contributed by atoms with Crippen molar-refractivity contribution in [2.75, 3.05) is 19.6 Å². The number of likely N-dealkylation sites (tertiary alicyclic amines) is 1. The van der Waals surface area contributed by atoms with Gasteiger partial charge in [-0.15, -0.1) is 0 Å². The maximum absolute atomic E-state index is 12.5. The van der Waals surface area contributed by atoms with E-state index in [9.17, 15) is 9.59 Å². The summed E-state index contributed by atoms with van der Waals surface area (Å²) < 4.78 is 0. The molecule has 21 heavy (non-hydrogen) atoms. The standard InChI is InChI=1S/C15H24N4O2/c1-4-19-7-5-6-15(3,10-19)14(21)16-9-12-8-13(20)18-11(2)17-12/h8H,4-7,9-10H2,1-3H3,(H,16,21)(H,17,18,20)/t15-/m1/s1. The number of carbonyl (C=O) groups excluding carboxylic acids is 1. The predicted molar refractivity (Wildman–Crippen MR) is 80.9 cm³/mol. The van der Waals surface area contributed by atoms with Crippen LogP contribution in [0.3, 0.4) is 0 Å². The molecule has 1 fully saturated rings. The van der Waals surface area contributed by atoms with Crippen molar-refractivity contribution in [1.82, 2.24) is 20.2 Å². The fraction of sp³-hybridized carbons (Fsp3) is 0.667. The van der Waals surface area contributed by atoms with Crippen LogP contribution in [0.2, 0.25) is 0 Å². The molecular formula is C15H24N4O2. The molecule has 116 valence electrons. The van der Waals surface area contributed by atoms with E-state index in [1.165, 1.54) is 6.07 Å². The highest BCUT2D eigenvalue weighted by Crippen LogP contribution is 2.29. The Labute approximate surface area is 125 Å². The molecule has 2 N–H and O–H groups in total. The Morgan fingerprint density at radius 1 is 1.57 bits per heavy atom. The quantitative estimate of drug-likeness (QED) is 0.861. The highest BCUT2D eigenvalue weighted by atomic mass is 16.2. The van der Waals surface area contributed by atoms with Crippen molar-refractivity contribution >= 4 is 5.91 Å². The lowest BCUT2D eigenvalue weighted by molar-refractivity contribution is -0.133. The van der Waals surface area contributed by atoms with Gasteiger partial charge in [-0.25, -0.2) is 4.98 Å². The number of piperidine rings is 1. The molecule has 2 heterocycles. The molecule has 6 nitrogen and oxygen atoms in total. The number of H-pyrrole nitrogens is 1. The summed E-state index contributed by atoms with van der Waals surface area (Å²) in [6.07, 6.45) is 1.94. The van der Waals surface area contributed by atoms with E-state index in [0.717, 1.165) is 32.5 Å². The topological polar surface area (TPSA) is 78.1 Å². The molecule has 1 atom stereocenters. The van der Waals surface area contributed by atoms with Crippen LogP contribution >= 0.6 is 0 Å². The maximum atomic E-state index is 12.5. The van der Waals surface area contributed by atoms with Crippen molar-refractivity contribution in [3.8, 4) is 0 Å². The summed E-state index contributed by atoms with van der Waals surface area (Å²) in [6.45, 7) is 8.98. The van der Waals surface area contributed by atoms with E-state index < -0.39 is 0 Å². The van der Waals surface area contributed by atoms with Crippen LogP contribution in [-0.2, 0) is 11.3 Å². The van der Waals surface area contributed by atoms with E-state index in [1.807, 2.05) is 6.92 Å². The molecule has 0 unspecified atom stereocenters. The molecule has 0 aliphatic carbocycles. The maximum Gasteiger partial charge on any atom is 0.251 e. The zero-order chi connectivity index (χ0) is 15.5. The first-order chi connectivity index (χ1) is 9.93. The molecule has 0 saturated carbocycles. The average molecular weight is 292 g/mol. The number of hydrogen-bond donors (Lipinski definition) is 2. The fourth-order valence-corrected chi connectivity index (χ4v) is 2.92. The highest BCUT2D eigenvalue weighted by Gasteiger charge is 2.37. The summed E-state index contributed by atoms with van der Waals surface area (Å²) in [5, 5.41) is 2.93. The number of aromatic nitrogens is 2. The number of aryl methyl sites for hydroxylation is 1. The Kier molecular flexibility index (Phi) is 4.77. The normalized spacial score (nSPS) is 23.0. The zero-order valence-electron chi connectivity index (χ0n) is 13.0. The van der Waals surface area contributed by atoms with Crippen molar-refractivity contribution in [3.05, 3.63) is 27.9 Å².